The quantitative estimate of drug-likeness (QED) is 0.154. The minimum atomic E-state index is -0.244. The molecule has 284 valence electrons. The van der Waals surface area contributed by atoms with E-state index < -0.39 is 0 Å². The van der Waals surface area contributed by atoms with Gasteiger partial charge in [0.15, 0.2) is 0 Å². The summed E-state index contributed by atoms with van der Waals surface area (Å²) in [7, 11) is 0. The van der Waals surface area contributed by atoms with E-state index in [-0.39, 0.29) is 5.41 Å². The van der Waals surface area contributed by atoms with E-state index in [9.17, 15) is 0 Å². The van der Waals surface area contributed by atoms with E-state index >= 15 is 0 Å². The molecule has 0 bridgehead atoms. The Morgan fingerprint density at radius 3 is 1.47 bits per heavy atom. The maximum atomic E-state index is 4.90. The zero-order valence-electron chi connectivity index (χ0n) is 33.5. The lowest BCUT2D eigenvalue weighted by atomic mass is 9.81. The second-order valence-electron chi connectivity index (χ2n) is 15.8. The van der Waals surface area contributed by atoms with Crippen LogP contribution in [-0.2, 0) is 5.41 Å². The van der Waals surface area contributed by atoms with Crippen LogP contribution in [0.1, 0.15) is 36.1 Å². The van der Waals surface area contributed by atoms with Crippen molar-refractivity contribution in [1.29, 1.82) is 0 Å². The van der Waals surface area contributed by atoms with Gasteiger partial charge in [-0.05, 0) is 155 Å². The Bertz CT molecular complexity index is 2980. The van der Waals surface area contributed by atoms with Crippen molar-refractivity contribution in [1.82, 2.24) is 19.9 Å². The summed E-state index contributed by atoms with van der Waals surface area (Å²) >= 11 is 0. The molecule has 9 aromatic rings. The van der Waals surface area contributed by atoms with E-state index in [0.29, 0.717) is 0 Å². The summed E-state index contributed by atoms with van der Waals surface area (Å²) in [5.74, 6) is 0. The van der Waals surface area contributed by atoms with Crippen LogP contribution in [0.25, 0.3) is 44.4 Å². The fourth-order valence-electron chi connectivity index (χ4n) is 8.62. The highest BCUT2D eigenvalue weighted by Crippen LogP contribution is 2.52. The van der Waals surface area contributed by atoms with Crippen LogP contribution >= 0.6 is 0 Å². The molecule has 0 amide bonds. The predicted molar refractivity (Wildman–Crippen MR) is 242 cm³/mol. The average Bonchev–Trinajstić information content (AvgIpc) is 3.49. The number of rotatable bonds is 8. The molecule has 1 aliphatic carbocycles. The van der Waals surface area contributed by atoms with Gasteiger partial charge in [-0.3, -0.25) is 19.9 Å². The summed E-state index contributed by atoms with van der Waals surface area (Å²) in [5, 5.41) is 2.40. The molecular weight excluding hydrogens is 721 g/mol. The normalized spacial score (nSPS) is 12.5. The van der Waals surface area contributed by atoms with Gasteiger partial charge in [0.1, 0.15) is 0 Å². The largest absolute Gasteiger partial charge is 0.309 e. The van der Waals surface area contributed by atoms with Crippen LogP contribution in [0.2, 0.25) is 0 Å². The molecule has 0 atom stereocenters. The van der Waals surface area contributed by atoms with Gasteiger partial charge in [-0.1, -0.05) is 62.4 Å². The first-order chi connectivity index (χ1) is 28.8. The van der Waals surface area contributed by atoms with Gasteiger partial charge >= 0.3 is 0 Å². The minimum Gasteiger partial charge on any atom is -0.309 e. The molecule has 0 saturated heterocycles. The number of benzene rings is 5. The molecule has 0 fully saturated rings. The van der Waals surface area contributed by atoms with E-state index in [1.165, 1.54) is 44.2 Å². The fraction of sp³-hybridized carbons (Fsp3) is 0.0943. The first-order valence-electron chi connectivity index (χ1n) is 20.0. The van der Waals surface area contributed by atoms with E-state index in [4.69, 9.17) is 9.97 Å². The molecule has 59 heavy (non-hydrogen) atoms. The molecule has 4 heterocycles. The minimum absolute atomic E-state index is 0.244. The van der Waals surface area contributed by atoms with Crippen molar-refractivity contribution in [3.8, 4) is 33.6 Å². The topological polar surface area (TPSA) is 58.0 Å². The van der Waals surface area contributed by atoms with Gasteiger partial charge in [-0.2, -0.15) is 0 Å². The Morgan fingerprint density at radius 1 is 0.424 bits per heavy atom. The van der Waals surface area contributed by atoms with Gasteiger partial charge in [0.25, 0.3) is 0 Å². The molecule has 5 aromatic carbocycles. The van der Waals surface area contributed by atoms with Crippen molar-refractivity contribution in [3.05, 3.63) is 205 Å². The smallest absolute Gasteiger partial charge is 0.0719 e. The van der Waals surface area contributed by atoms with Crippen molar-refractivity contribution in [2.75, 3.05) is 9.80 Å². The van der Waals surface area contributed by atoms with Gasteiger partial charge < -0.3 is 9.80 Å². The van der Waals surface area contributed by atoms with Crippen molar-refractivity contribution in [2.45, 2.75) is 33.1 Å². The summed E-state index contributed by atoms with van der Waals surface area (Å²) in [6.07, 6.45) is 11.2. The Labute approximate surface area is 345 Å². The van der Waals surface area contributed by atoms with Crippen molar-refractivity contribution in [2.24, 2.45) is 0 Å². The maximum absolute atomic E-state index is 4.90. The molecule has 6 nitrogen and oxygen atoms in total. The highest BCUT2D eigenvalue weighted by Gasteiger charge is 2.36. The lowest BCUT2D eigenvalue weighted by Crippen LogP contribution is -2.17. The van der Waals surface area contributed by atoms with Gasteiger partial charge in [-0.25, -0.2) is 0 Å². The van der Waals surface area contributed by atoms with Gasteiger partial charge in [0.05, 0.1) is 35.2 Å². The lowest BCUT2D eigenvalue weighted by molar-refractivity contribution is 0.661. The van der Waals surface area contributed by atoms with E-state index in [1.807, 2.05) is 49.1 Å². The van der Waals surface area contributed by atoms with Gasteiger partial charge in [0.2, 0.25) is 0 Å². The monoisotopic (exact) mass is 762 g/mol. The molecule has 0 radical (unpaired) electrons. The zero-order chi connectivity index (χ0) is 40.1. The Hall–Kier alpha value is -7.44. The van der Waals surface area contributed by atoms with Crippen LogP contribution < -0.4 is 9.80 Å². The molecule has 0 unspecified atom stereocenters. The van der Waals surface area contributed by atoms with E-state index in [1.54, 1.807) is 12.4 Å². The summed E-state index contributed by atoms with van der Waals surface area (Å²) in [5.41, 5.74) is 17.5. The van der Waals surface area contributed by atoms with Crippen molar-refractivity contribution in [3.63, 3.8) is 0 Å². The Kier molecular flexibility index (Phi) is 8.83. The number of anilines is 6. The summed E-state index contributed by atoms with van der Waals surface area (Å²) in [6.45, 7) is 9.04. The van der Waals surface area contributed by atoms with Gasteiger partial charge in [0, 0.05) is 64.1 Å². The van der Waals surface area contributed by atoms with E-state index in [0.717, 1.165) is 56.6 Å². The van der Waals surface area contributed by atoms with Gasteiger partial charge in [-0.15, -0.1) is 0 Å². The van der Waals surface area contributed by atoms with Crippen LogP contribution in [0, 0.1) is 13.8 Å². The second-order valence-corrected chi connectivity index (χ2v) is 15.8. The number of para-hydroxylation sites is 2. The van der Waals surface area contributed by atoms with Crippen molar-refractivity contribution >= 4 is 44.9 Å². The molecule has 4 aromatic heterocycles. The SMILES string of the molecule is Cc1ccccc1N(c1ccc(-c2cccnc2)nc1)c1ccc2c(c1)C(C)(C)c1cc3cc(N(c4ccc(-c5cccnc5)nc4)c4ccccc4C)ccc3cc1-2. The molecule has 10 rings (SSSR count). The third-order valence-corrected chi connectivity index (χ3v) is 11.8. The first kappa shape index (κ1) is 35.9. The Morgan fingerprint density at radius 2 is 0.949 bits per heavy atom. The summed E-state index contributed by atoms with van der Waals surface area (Å²) < 4.78 is 0. The molecule has 0 N–H and O–H groups in total. The van der Waals surface area contributed by atoms with E-state index in [2.05, 4.69) is 169 Å². The lowest BCUT2D eigenvalue weighted by Gasteiger charge is -2.29. The zero-order valence-corrected chi connectivity index (χ0v) is 33.5. The number of hydrogen-bond acceptors (Lipinski definition) is 6. The molecule has 6 heteroatoms. The number of aromatic nitrogens is 4. The third-order valence-electron chi connectivity index (χ3n) is 11.8. The highest BCUT2D eigenvalue weighted by molar-refractivity contribution is 5.97. The van der Waals surface area contributed by atoms with Crippen LogP contribution in [0.5, 0.6) is 0 Å². The molecule has 1 aliphatic rings. The van der Waals surface area contributed by atoms with Crippen LogP contribution in [0.3, 0.4) is 0 Å². The Balaban J connectivity index is 1.04. The van der Waals surface area contributed by atoms with Crippen LogP contribution in [0.15, 0.2) is 183 Å². The maximum Gasteiger partial charge on any atom is 0.0719 e. The second kappa shape index (κ2) is 14.5. The molecular formula is C53H42N6. The number of pyridine rings is 4. The first-order valence-corrected chi connectivity index (χ1v) is 20.0. The summed E-state index contributed by atoms with van der Waals surface area (Å²) in [4.78, 5) is 23.0. The third kappa shape index (κ3) is 6.39. The van der Waals surface area contributed by atoms with Crippen molar-refractivity contribution < 1.29 is 0 Å². The number of fused-ring (bicyclic) bond motifs is 4. The number of hydrogen-bond donors (Lipinski definition) is 0. The fourth-order valence-corrected chi connectivity index (χ4v) is 8.62. The standard InChI is InChI=1S/C53H42N6/c1-35-11-5-7-15-51(35)58(43-20-23-49(56-33-43)38-13-9-25-54-31-38)41-18-17-37-28-46-45-22-19-42(30-48(45)53(3,4)47(46)29-40(37)27-41)59(52-16-8-6-12-36(52)2)44-21-24-50(57-34-44)39-14-10-26-55-32-39/h5-34H,1-4H3. The number of aryl methyl sites for hydroxylation is 2. The average molecular weight is 763 g/mol. The molecule has 0 spiro atoms. The highest BCUT2D eigenvalue weighted by atomic mass is 15.2. The molecule has 0 saturated carbocycles. The molecule has 0 aliphatic heterocycles. The number of nitrogens with zero attached hydrogens (tertiary/aromatic N) is 6. The van der Waals surface area contributed by atoms with Crippen LogP contribution in [-0.4, -0.2) is 19.9 Å². The van der Waals surface area contributed by atoms with Crippen LogP contribution in [0.4, 0.5) is 34.1 Å². The summed E-state index contributed by atoms with van der Waals surface area (Å²) in [6, 6.07) is 52.1. The predicted octanol–water partition coefficient (Wildman–Crippen LogP) is 13.6.